The number of nitrogens with one attached hydrogen (secondary N) is 1. The van der Waals surface area contributed by atoms with Gasteiger partial charge in [0.05, 0.1) is 6.04 Å². The molecule has 0 amide bonds. The molecule has 1 heterocycles. The van der Waals surface area contributed by atoms with Crippen molar-refractivity contribution in [1.29, 1.82) is 0 Å². The topological polar surface area (TPSA) is 25.2 Å². The monoisotopic (exact) mass is 311 g/mol. The quantitative estimate of drug-likeness (QED) is 0.811. The molecule has 0 saturated heterocycles. The van der Waals surface area contributed by atoms with Crippen LogP contribution in [0.5, 0.6) is 0 Å². The average Bonchev–Trinajstić information content (AvgIpc) is 2.71. The first kappa shape index (κ1) is 15.4. The van der Waals surface area contributed by atoms with Crippen molar-refractivity contribution in [1.82, 2.24) is 5.32 Å². The van der Waals surface area contributed by atoms with Crippen molar-refractivity contribution in [2.75, 3.05) is 6.54 Å². The Morgan fingerprint density at radius 3 is 2.45 bits per heavy atom. The fraction of sp³-hybridized carbons (Fsp3) is 0.375. The third kappa shape index (κ3) is 3.38. The van der Waals surface area contributed by atoms with Gasteiger partial charge in [-0.2, -0.15) is 0 Å². The van der Waals surface area contributed by atoms with Gasteiger partial charge in [-0.1, -0.05) is 36.2 Å². The number of hydrogen-bond acceptors (Lipinski definition) is 2. The largest absolute Gasteiger partial charge is 0.466 e. The molecule has 0 bridgehead atoms. The van der Waals surface area contributed by atoms with Crippen molar-refractivity contribution in [2.24, 2.45) is 0 Å². The van der Waals surface area contributed by atoms with Crippen molar-refractivity contribution >= 4 is 23.2 Å². The van der Waals surface area contributed by atoms with E-state index < -0.39 is 0 Å². The molecule has 0 fully saturated rings. The predicted molar refractivity (Wildman–Crippen MR) is 84.8 cm³/mol. The van der Waals surface area contributed by atoms with E-state index in [1.165, 1.54) is 0 Å². The van der Waals surface area contributed by atoms with Crippen LogP contribution in [0, 0.1) is 13.8 Å². The molecule has 108 valence electrons. The third-order valence-electron chi connectivity index (χ3n) is 3.26. The van der Waals surface area contributed by atoms with E-state index in [4.69, 9.17) is 27.6 Å². The second-order valence-electron chi connectivity index (χ2n) is 4.92. The maximum Gasteiger partial charge on any atom is 0.106 e. The molecule has 0 radical (unpaired) electrons. The molecule has 20 heavy (non-hydrogen) atoms. The molecule has 0 spiro atoms. The summed E-state index contributed by atoms with van der Waals surface area (Å²) >= 11 is 12.3. The minimum absolute atomic E-state index is 0.0252. The molecule has 1 aromatic heterocycles. The number of aryl methyl sites for hydroxylation is 2. The first-order chi connectivity index (χ1) is 9.52. The van der Waals surface area contributed by atoms with Crippen LogP contribution < -0.4 is 5.32 Å². The van der Waals surface area contributed by atoms with Crippen molar-refractivity contribution in [2.45, 2.75) is 33.2 Å². The Bertz CT molecular complexity index is 592. The van der Waals surface area contributed by atoms with Gasteiger partial charge in [0.1, 0.15) is 11.5 Å². The molecular weight excluding hydrogens is 293 g/mol. The summed E-state index contributed by atoms with van der Waals surface area (Å²) in [5, 5.41) is 4.85. The highest BCUT2D eigenvalue weighted by Gasteiger charge is 2.21. The number of rotatable bonds is 5. The van der Waals surface area contributed by atoms with E-state index in [0.717, 1.165) is 35.6 Å². The zero-order valence-electron chi connectivity index (χ0n) is 12.0. The smallest absolute Gasteiger partial charge is 0.106 e. The molecule has 0 aliphatic carbocycles. The second kappa shape index (κ2) is 6.66. The Hall–Kier alpha value is -0.960. The standard InChI is InChI=1S/C16H19Cl2NO/c1-4-7-19-16(14-8-10(2)20-11(14)3)13-6-5-12(17)9-15(13)18/h5-6,8-9,16,19H,4,7H2,1-3H3. The molecular formula is C16H19Cl2NO. The van der Waals surface area contributed by atoms with Crippen LogP contribution in [0.3, 0.4) is 0 Å². The third-order valence-corrected chi connectivity index (χ3v) is 3.82. The molecule has 0 aliphatic heterocycles. The lowest BCUT2D eigenvalue weighted by molar-refractivity contribution is 0.493. The Morgan fingerprint density at radius 2 is 1.90 bits per heavy atom. The van der Waals surface area contributed by atoms with E-state index in [-0.39, 0.29) is 6.04 Å². The van der Waals surface area contributed by atoms with Gasteiger partial charge in [0, 0.05) is 15.6 Å². The van der Waals surface area contributed by atoms with Gasteiger partial charge in [0.2, 0.25) is 0 Å². The molecule has 1 atom stereocenters. The van der Waals surface area contributed by atoms with Gasteiger partial charge in [0.25, 0.3) is 0 Å². The van der Waals surface area contributed by atoms with Gasteiger partial charge in [0.15, 0.2) is 0 Å². The van der Waals surface area contributed by atoms with E-state index in [9.17, 15) is 0 Å². The van der Waals surface area contributed by atoms with Crippen LogP contribution in [0.4, 0.5) is 0 Å². The van der Waals surface area contributed by atoms with Crippen LogP contribution in [0.2, 0.25) is 10.0 Å². The van der Waals surface area contributed by atoms with Crippen LogP contribution >= 0.6 is 23.2 Å². The Labute approximate surface area is 130 Å². The zero-order chi connectivity index (χ0) is 14.7. The maximum atomic E-state index is 6.36. The first-order valence-corrected chi connectivity index (χ1v) is 7.53. The summed E-state index contributed by atoms with van der Waals surface area (Å²) in [6, 6.07) is 7.71. The lowest BCUT2D eigenvalue weighted by Crippen LogP contribution is -2.23. The van der Waals surface area contributed by atoms with Gasteiger partial charge < -0.3 is 9.73 Å². The van der Waals surface area contributed by atoms with Crippen molar-refractivity contribution in [3.05, 3.63) is 57.0 Å². The zero-order valence-corrected chi connectivity index (χ0v) is 13.5. The second-order valence-corrected chi connectivity index (χ2v) is 5.77. The van der Waals surface area contributed by atoms with E-state index >= 15 is 0 Å². The van der Waals surface area contributed by atoms with Crippen molar-refractivity contribution in [3.8, 4) is 0 Å². The average molecular weight is 312 g/mol. The minimum atomic E-state index is 0.0252. The molecule has 2 rings (SSSR count). The summed E-state index contributed by atoms with van der Waals surface area (Å²) in [5.74, 6) is 1.83. The van der Waals surface area contributed by atoms with Crippen LogP contribution in [0.25, 0.3) is 0 Å². The van der Waals surface area contributed by atoms with Crippen LogP contribution in [0.1, 0.15) is 42.0 Å². The SMILES string of the molecule is CCCNC(c1ccc(Cl)cc1Cl)c1cc(C)oc1C. The summed E-state index contributed by atoms with van der Waals surface area (Å²) < 4.78 is 5.65. The molecule has 1 unspecified atom stereocenters. The fourth-order valence-corrected chi connectivity index (χ4v) is 2.87. The summed E-state index contributed by atoms with van der Waals surface area (Å²) in [4.78, 5) is 0. The normalized spacial score (nSPS) is 12.7. The summed E-state index contributed by atoms with van der Waals surface area (Å²) in [7, 11) is 0. The maximum absolute atomic E-state index is 6.36. The first-order valence-electron chi connectivity index (χ1n) is 6.78. The minimum Gasteiger partial charge on any atom is -0.466 e. The summed E-state index contributed by atoms with van der Waals surface area (Å²) in [6.45, 7) is 6.98. The van der Waals surface area contributed by atoms with E-state index in [2.05, 4.69) is 18.3 Å². The summed E-state index contributed by atoms with van der Waals surface area (Å²) in [5.41, 5.74) is 2.15. The van der Waals surface area contributed by atoms with E-state index in [1.807, 2.05) is 26.0 Å². The van der Waals surface area contributed by atoms with Gasteiger partial charge in [-0.15, -0.1) is 0 Å². The number of furan rings is 1. The Kier molecular flexibility index (Phi) is 5.14. The lowest BCUT2D eigenvalue weighted by atomic mass is 9.98. The number of hydrogen-bond donors (Lipinski definition) is 1. The molecule has 0 aliphatic rings. The predicted octanol–water partition coefficient (Wildman–Crippen LogP) is 5.29. The molecule has 2 nitrogen and oxygen atoms in total. The van der Waals surface area contributed by atoms with E-state index in [0.29, 0.717) is 10.0 Å². The van der Waals surface area contributed by atoms with Crippen LogP contribution in [-0.2, 0) is 0 Å². The molecule has 0 saturated carbocycles. The molecule has 1 aromatic carbocycles. The molecule has 2 aromatic rings. The van der Waals surface area contributed by atoms with Crippen LogP contribution in [-0.4, -0.2) is 6.54 Å². The van der Waals surface area contributed by atoms with Gasteiger partial charge in [-0.05, 0) is 50.6 Å². The van der Waals surface area contributed by atoms with Crippen LogP contribution in [0.15, 0.2) is 28.7 Å². The van der Waals surface area contributed by atoms with Crippen molar-refractivity contribution < 1.29 is 4.42 Å². The fourth-order valence-electron chi connectivity index (χ4n) is 2.35. The van der Waals surface area contributed by atoms with Crippen molar-refractivity contribution in [3.63, 3.8) is 0 Å². The number of halogens is 2. The lowest BCUT2D eigenvalue weighted by Gasteiger charge is -2.20. The molecule has 4 heteroatoms. The van der Waals surface area contributed by atoms with E-state index in [1.54, 1.807) is 6.07 Å². The number of benzene rings is 1. The van der Waals surface area contributed by atoms with Gasteiger partial charge in [-0.3, -0.25) is 0 Å². The summed E-state index contributed by atoms with van der Waals surface area (Å²) in [6.07, 6.45) is 1.05. The highest BCUT2D eigenvalue weighted by atomic mass is 35.5. The van der Waals surface area contributed by atoms with Gasteiger partial charge in [-0.25, -0.2) is 0 Å². The highest BCUT2D eigenvalue weighted by Crippen LogP contribution is 2.33. The Balaban J connectivity index is 2.44. The van der Waals surface area contributed by atoms with Gasteiger partial charge >= 0.3 is 0 Å². The Morgan fingerprint density at radius 1 is 1.15 bits per heavy atom. The molecule has 1 N–H and O–H groups in total. The highest BCUT2D eigenvalue weighted by molar-refractivity contribution is 6.35.